The molecule has 4 rings (SSSR count). The maximum Gasteiger partial charge on any atom is 0.340 e. The molecule has 0 bridgehead atoms. The fourth-order valence-corrected chi connectivity index (χ4v) is 4.12. The highest BCUT2D eigenvalue weighted by Gasteiger charge is 2.15. The fourth-order valence-electron chi connectivity index (χ4n) is 3.34. The lowest BCUT2D eigenvalue weighted by Crippen LogP contribution is -2.15. The normalized spacial score (nSPS) is 10.8. The molecular weight excluding hydrogens is 438 g/mol. The second-order valence-corrected chi connectivity index (χ2v) is 8.47. The molecule has 0 aliphatic heterocycles. The van der Waals surface area contributed by atoms with Crippen LogP contribution < -0.4 is 10.1 Å². The minimum Gasteiger partial charge on any atom is -0.497 e. The molecule has 7 nitrogen and oxygen atoms in total. The van der Waals surface area contributed by atoms with E-state index < -0.39 is 5.97 Å². The summed E-state index contributed by atoms with van der Waals surface area (Å²) in [5.41, 5.74) is 4.13. The summed E-state index contributed by atoms with van der Waals surface area (Å²) >= 11 is 1.36. The first kappa shape index (κ1) is 22.4. The van der Waals surface area contributed by atoms with Gasteiger partial charge in [-0.2, -0.15) is 0 Å². The number of hydrogen-bond donors (Lipinski definition) is 1. The number of ether oxygens (including phenoxy) is 2. The number of pyridine rings is 1. The third kappa shape index (κ3) is 5.35. The molecule has 0 fully saturated rings. The molecule has 1 N–H and O–H groups in total. The van der Waals surface area contributed by atoms with Gasteiger partial charge in [0.05, 0.1) is 36.0 Å². The maximum absolute atomic E-state index is 12.7. The highest BCUT2D eigenvalue weighted by Crippen LogP contribution is 2.23. The average Bonchev–Trinajstić information content (AvgIpc) is 3.25. The molecule has 0 unspecified atom stereocenters. The van der Waals surface area contributed by atoms with Gasteiger partial charge in [0.25, 0.3) is 0 Å². The number of thiazole rings is 1. The zero-order chi connectivity index (χ0) is 23.4. The number of esters is 1. The van der Waals surface area contributed by atoms with E-state index in [4.69, 9.17) is 9.47 Å². The molecule has 2 heterocycles. The Labute approximate surface area is 195 Å². The number of fused-ring (bicyclic) bond motifs is 1. The van der Waals surface area contributed by atoms with Gasteiger partial charge < -0.3 is 14.8 Å². The molecule has 4 aromatic rings. The largest absolute Gasteiger partial charge is 0.497 e. The highest BCUT2D eigenvalue weighted by molar-refractivity contribution is 7.09. The minimum absolute atomic E-state index is 0.0182. The van der Waals surface area contributed by atoms with Crippen LogP contribution in [-0.4, -0.2) is 29.0 Å². The van der Waals surface area contributed by atoms with Crippen LogP contribution in [0.25, 0.3) is 10.9 Å². The van der Waals surface area contributed by atoms with Crippen molar-refractivity contribution in [2.24, 2.45) is 0 Å². The Kier molecular flexibility index (Phi) is 6.65. The third-order valence-electron chi connectivity index (χ3n) is 5.11. The highest BCUT2D eigenvalue weighted by atomic mass is 32.1. The van der Waals surface area contributed by atoms with Crippen LogP contribution in [0.15, 0.2) is 53.9 Å². The van der Waals surface area contributed by atoms with Crippen LogP contribution in [-0.2, 0) is 22.6 Å². The molecular formula is C25H23N3O4S. The first-order valence-electron chi connectivity index (χ1n) is 10.3. The predicted molar refractivity (Wildman–Crippen MR) is 128 cm³/mol. The van der Waals surface area contributed by atoms with E-state index in [1.54, 1.807) is 25.5 Å². The molecule has 0 aliphatic rings. The van der Waals surface area contributed by atoms with Gasteiger partial charge in [-0.15, -0.1) is 11.3 Å². The van der Waals surface area contributed by atoms with Crippen molar-refractivity contribution in [3.05, 3.63) is 81.4 Å². The lowest BCUT2D eigenvalue weighted by atomic mass is 10.1. The van der Waals surface area contributed by atoms with Gasteiger partial charge in [-0.3, -0.25) is 9.78 Å². The fraction of sp³-hybridized carbons (Fsp3) is 0.200. The number of nitrogens with one attached hydrogen (secondary N) is 1. The Morgan fingerprint density at radius 1 is 1.06 bits per heavy atom. The van der Waals surface area contributed by atoms with Gasteiger partial charge in [0.2, 0.25) is 5.91 Å². The number of aromatic nitrogens is 2. The van der Waals surface area contributed by atoms with Gasteiger partial charge in [-0.25, -0.2) is 9.78 Å². The summed E-state index contributed by atoms with van der Waals surface area (Å²) in [6, 6.07) is 14.9. The molecule has 0 saturated carbocycles. The number of amides is 1. The average molecular weight is 462 g/mol. The zero-order valence-corrected chi connectivity index (χ0v) is 19.4. The standard InChI is InChI=1S/C25H23N3O4S/c1-15-6-4-5-7-21(15)28-23(29)12-24-27-18(14-33-24)13-32-25(30)20-11-17-10-19(31-3)8-9-22(17)26-16(20)2/h4-11,14H,12-13H2,1-3H3,(H,28,29). The summed E-state index contributed by atoms with van der Waals surface area (Å²) < 4.78 is 10.7. The van der Waals surface area contributed by atoms with E-state index in [2.05, 4.69) is 15.3 Å². The van der Waals surface area contributed by atoms with E-state index in [1.807, 2.05) is 49.4 Å². The van der Waals surface area contributed by atoms with E-state index in [0.717, 1.165) is 22.2 Å². The Morgan fingerprint density at radius 3 is 2.67 bits per heavy atom. The van der Waals surface area contributed by atoms with Crippen LogP contribution in [0.2, 0.25) is 0 Å². The number of hydrogen-bond acceptors (Lipinski definition) is 7. The zero-order valence-electron chi connectivity index (χ0n) is 18.5. The lowest BCUT2D eigenvalue weighted by Gasteiger charge is -2.08. The van der Waals surface area contributed by atoms with Crippen molar-refractivity contribution in [2.75, 3.05) is 12.4 Å². The van der Waals surface area contributed by atoms with Gasteiger partial charge in [0, 0.05) is 16.5 Å². The summed E-state index contributed by atoms with van der Waals surface area (Å²) in [7, 11) is 1.59. The van der Waals surface area contributed by atoms with Crippen LogP contribution in [0.5, 0.6) is 5.75 Å². The van der Waals surface area contributed by atoms with Gasteiger partial charge in [0.15, 0.2) is 0 Å². The first-order chi connectivity index (χ1) is 15.9. The van der Waals surface area contributed by atoms with E-state index >= 15 is 0 Å². The van der Waals surface area contributed by atoms with Crippen molar-refractivity contribution in [3.63, 3.8) is 0 Å². The summed E-state index contributed by atoms with van der Waals surface area (Å²) in [4.78, 5) is 33.9. The second kappa shape index (κ2) is 9.79. The van der Waals surface area contributed by atoms with Crippen LogP contribution in [0.3, 0.4) is 0 Å². The molecule has 0 saturated heterocycles. The Morgan fingerprint density at radius 2 is 1.88 bits per heavy atom. The number of nitrogens with zero attached hydrogens (tertiary/aromatic N) is 2. The smallest absolute Gasteiger partial charge is 0.340 e. The third-order valence-corrected chi connectivity index (χ3v) is 6.01. The van der Waals surface area contributed by atoms with Crippen molar-refractivity contribution in [1.29, 1.82) is 0 Å². The number of methoxy groups -OCH3 is 1. The quantitative estimate of drug-likeness (QED) is 0.396. The first-order valence-corrected chi connectivity index (χ1v) is 11.2. The van der Waals surface area contributed by atoms with Crippen LogP contribution >= 0.6 is 11.3 Å². The van der Waals surface area contributed by atoms with Gasteiger partial charge in [-0.05, 0) is 49.7 Å². The molecule has 0 aliphatic carbocycles. The van der Waals surface area contributed by atoms with E-state index in [-0.39, 0.29) is 18.9 Å². The predicted octanol–water partition coefficient (Wildman–Crippen LogP) is 4.85. The summed E-state index contributed by atoms with van der Waals surface area (Å²) in [6.45, 7) is 3.73. The molecule has 1 amide bonds. The number of aryl methyl sites for hydroxylation is 2. The van der Waals surface area contributed by atoms with E-state index in [9.17, 15) is 9.59 Å². The monoisotopic (exact) mass is 461 g/mol. The molecule has 0 radical (unpaired) electrons. The molecule has 0 atom stereocenters. The molecule has 33 heavy (non-hydrogen) atoms. The van der Waals surface area contributed by atoms with Crippen molar-refractivity contribution in [3.8, 4) is 5.75 Å². The SMILES string of the molecule is COc1ccc2nc(C)c(C(=O)OCc3csc(CC(=O)Nc4ccccc4C)n3)cc2c1. The number of benzene rings is 2. The van der Waals surface area contributed by atoms with Crippen molar-refractivity contribution in [2.45, 2.75) is 26.9 Å². The molecule has 168 valence electrons. The van der Waals surface area contributed by atoms with Crippen molar-refractivity contribution in [1.82, 2.24) is 9.97 Å². The summed E-state index contributed by atoms with van der Waals surface area (Å²) in [5.74, 6) is 0.0704. The Hall–Kier alpha value is -3.78. The number of para-hydroxylation sites is 1. The van der Waals surface area contributed by atoms with Crippen molar-refractivity contribution < 1.29 is 19.1 Å². The van der Waals surface area contributed by atoms with Crippen LogP contribution in [0.4, 0.5) is 5.69 Å². The van der Waals surface area contributed by atoms with Crippen molar-refractivity contribution >= 4 is 39.8 Å². The lowest BCUT2D eigenvalue weighted by molar-refractivity contribution is -0.115. The Balaban J connectivity index is 1.38. The van der Waals surface area contributed by atoms with Gasteiger partial charge >= 0.3 is 5.97 Å². The number of anilines is 1. The molecule has 8 heteroatoms. The Bertz CT molecular complexity index is 1330. The van der Waals surface area contributed by atoms with E-state index in [0.29, 0.717) is 27.7 Å². The summed E-state index contributed by atoms with van der Waals surface area (Å²) in [6.07, 6.45) is 0.155. The minimum atomic E-state index is -0.475. The van der Waals surface area contributed by atoms with Crippen LogP contribution in [0, 0.1) is 13.8 Å². The molecule has 2 aromatic carbocycles. The maximum atomic E-state index is 12.7. The molecule has 0 spiro atoms. The van der Waals surface area contributed by atoms with E-state index in [1.165, 1.54) is 11.3 Å². The number of rotatable bonds is 7. The number of carbonyl (C=O) groups is 2. The number of carbonyl (C=O) groups excluding carboxylic acids is 2. The topological polar surface area (TPSA) is 90.4 Å². The summed E-state index contributed by atoms with van der Waals surface area (Å²) in [5, 5.41) is 6.14. The van der Waals surface area contributed by atoms with Gasteiger partial charge in [0.1, 0.15) is 17.4 Å². The molecule has 2 aromatic heterocycles. The van der Waals surface area contributed by atoms with Gasteiger partial charge in [-0.1, -0.05) is 18.2 Å². The van der Waals surface area contributed by atoms with Crippen LogP contribution in [0.1, 0.15) is 32.3 Å². The second-order valence-electron chi connectivity index (χ2n) is 7.53.